The predicted octanol–water partition coefficient (Wildman–Crippen LogP) is 5.15. The van der Waals surface area contributed by atoms with Crippen LogP contribution in [0, 0.1) is 5.92 Å². The third-order valence-corrected chi connectivity index (χ3v) is 5.12. The van der Waals surface area contributed by atoms with Crippen molar-refractivity contribution in [2.75, 3.05) is 7.11 Å². The molecule has 3 nitrogen and oxygen atoms in total. The van der Waals surface area contributed by atoms with E-state index in [0.717, 1.165) is 41.7 Å². The standard InChI is InChI=1S/C21H26O3/c1-4-18-19-11-7-16(21(22)23-3)13-15(19)8-12-20(18)24-17-9-5-14(2)6-10-17/h7-8,11-14,17H,4-6,9-10H2,1-3H3. The number of ether oxygens (including phenoxy) is 2. The molecule has 3 heteroatoms. The maximum absolute atomic E-state index is 11.7. The molecule has 1 fully saturated rings. The summed E-state index contributed by atoms with van der Waals surface area (Å²) in [6.07, 6.45) is 6.03. The first-order chi connectivity index (χ1) is 11.6. The lowest BCUT2D eigenvalue weighted by Gasteiger charge is -2.28. The van der Waals surface area contributed by atoms with Gasteiger partial charge in [-0.3, -0.25) is 0 Å². The van der Waals surface area contributed by atoms with Crippen molar-refractivity contribution in [3.05, 3.63) is 41.5 Å². The van der Waals surface area contributed by atoms with Gasteiger partial charge in [0.2, 0.25) is 0 Å². The van der Waals surface area contributed by atoms with Crippen molar-refractivity contribution in [1.29, 1.82) is 0 Å². The lowest BCUT2D eigenvalue weighted by molar-refractivity contribution is 0.0601. The molecule has 0 amide bonds. The fourth-order valence-corrected chi connectivity index (χ4v) is 3.62. The molecule has 0 atom stereocenters. The summed E-state index contributed by atoms with van der Waals surface area (Å²) in [6, 6.07) is 9.84. The summed E-state index contributed by atoms with van der Waals surface area (Å²) in [4.78, 5) is 11.7. The molecule has 0 unspecified atom stereocenters. The minimum atomic E-state index is -0.299. The molecular formula is C21H26O3. The third kappa shape index (κ3) is 3.40. The van der Waals surface area contributed by atoms with Crippen molar-refractivity contribution in [2.24, 2.45) is 5.92 Å². The normalized spacial score (nSPS) is 20.8. The molecule has 0 heterocycles. The molecule has 0 aliphatic heterocycles. The SMILES string of the molecule is CCc1c(OC2CCC(C)CC2)ccc2cc(C(=O)OC)ccc12. The van der Waals surface area contributed by atoms with Gasteiger partial charge in [0, 0.05) is 5.56 Å². The van der Waals surface area contributed by atoms with Crippen LogP contribution in [0.4, 0.5) is 0 Å². The summed E-state index contributed by atoms with van der Waals surface area (Å²) in [5, 5.41) is 2.21. The van der Waals surface area contributed by atoms with E-state index in [1.165, 1.54) is 25.5 Å². The first kappa shape index (κ1) is 16.8. The molecule has 1 saturated carbocycles. The molecule has 24 heavy (non-hydrogen) atoms. The maximum atomic E-state index is 11.7. The number of hydrogen-bond donors (Lipinski definition) is 0. The smallest absolute Gasteiger partial charge is 0.337 e. The van der Waals surface area contributed by atoms with Gasteiger partial charge in [-0.05, 0) is 67.0 Å². The van der Waals surface area contributed by atoms with Gasteiger partial charge in [0.25, 0.3) is 0 Å². The third-order valence-electron chi connectivity index (χ3n) is 5.12. The van der Waals surface area contributed by atoms with Crippen LogP contribution in [-0.4, -0.2) is 19.2 Å². The molecule has 1 aliphatic rings. The van der Waals surface area contributed by atoms with Gasteiger partial charge < -0.3 is 9.47 Å². The zero-order valence-corrected chi connectivity index (χ0v) is 14.8. The average Bonchev–Trinajstić information content (AvgIpc) is 2.62. The van der Waals surface area contributed by atoms with E-state index in [4.69, 9.17) is 9.47 Å². The second kappa shape index (κ2) is 7.25. The van der Waals surface area contributed by atoms with Gasteiger partial charge >= 0.3 is 5.97 Å². The molecule has 2 aromatic carbocycles. The molecule has 3 rings (SSSR count). The van der Waals surface area contributed by atoms with Crippen LogP contribution >= 0.6 is 0 Å². The highest BCUT2D eigenvalue weighted by molar-refractivity contribution is 5.97. The van der Waals surface area contributed by atoms with Crippen molar-refractivity contribution in [3.8, 4) is 5.75 Å². The zero-order valence-electron chi connectivity index (χ0n) is 14.8. The lowest BCUT2D eigenvalue weighted by atomic mass is 9.89. The van der Waals surface area contributed by atoms with Gasteiger partial charge in [0.05, 0.1) is 18.8 Å². The Morgan fingerprint density at radius 2 is 1.88 bits per heavy atom. The molecule has 0 bridgehead atoms. The minimum absolute atomic E-state index is 0.299. The molecule has 0 radical (unpaired) electrons. The van der Waals surface area contributed by atoms with Crippen LogP contribution in [0.3, 0.4) is 0 Å². The van der Waals surface area contributed by atoms with Gasteiger partial charge in [-0.15, -0.1) is 0 Å². The molecule has 0 N–H and O–H groups in total. The number of methoxy groups -OCH3 is 1. The van der Waals surface area contributed by atoms with Crippen LogP contribution in [0.1, 0.15) is 55.5 Å². The Labute approximate surface area is 144 Å². The molecule has 0 spiro atoms. The van der Waals surface area contributed by atoms with Gasteiger partial charge in [-0.2, -0.15) is 0 Å². The van der Waals surface area contributed by atoms with Gasteiger partial charge in [0.15, 0.2) is 0 Å². The second-order valence-electron chi connectivity index (χ2n) is 6.82. The number of esters is 1. The molecule has 0 aromatic heterocycles. The maximum Gasteiger partial charge on any atom is 0.337 e. The Hall–Kier alpha value is -2.03. The minimum Gasteiger partial charge on any atom is -0.490 e. The van der Waals surface area contributed by atoms with Crippen LogP contribution in [0.5, 0.6) is 5.75 Å². The molecule has 0 saturated heterocycles. The van der Waals surface area contributed by atoms with E-state index >= 15 is 0 Å². The Kier molecular flexibility index (Phi) is 5.08. The van der Waals surface area contributed by atoms with Crippen molar-refractivity contribution in [1.82, 2.24) is 0 Å². The number of benzene rings is 2. The molecule has 128 valence electrons. The second-order valence-corrected chi connectivity index (χ2v) is 6.82. The zero-order chi connectivity index (χ0) is 17.1. The number of hydrogen-bond acceptors (Lipinski definition) is 3. The summed E-state index contributed by atoms with van der Waals surface area (Å²) < 4.78 is 11.2. The summed E-state index contributed by atoms with van der Waals surface area (Å²) in [6.45, 7) is 4.47. The molecule has 1 aliphatic carbocycles. The van der Waals surface area contributed by atoms with Crippen molar-refractivity contribution < 1.29 is 14.3 Å². The van der Waals surface area contributed by atoms with Crippen LogP contribution < -0.4 is 4.74 Å². The van der Waals surface area contributed by atoms with E-state index in [9.17, 15) is 4.79 Å². The Bertz CT molecular complexity index is 727. The van der Waals surface area contributed by atoms with Crippen LogP contribution in [-0.2, 0) is 11.2 Å². The van der Waals surface area contributed by atoms with Crippen molar-refractivity contribution >= 4 is 16.7 Å². The van der Waals surface area contributed by atoms with Crippen LogP contribution in [0.2, 0.25) is 0 Å². The van der Waals surface area contributed by atoms with E-state index in [2.05, 4.69) is 19.9 Å². The van der Waals surface area contributed by atoms with Crippen molar-refractivity contribution in [3.63, 3.8) is 0 Å². The Morgan fingerprint density at radius 1 is 1.12 bits per heavy atom. The Balaban J connectivity index is 1.90. The summed E-state index contributed by atoms with van der Waals surface area (Å²) >= 11 is 0. The highest BCUT2D eigenvalue weighted by Crippen LogP contribution is 2.33. The molecular weight excluding hydrogens is 300 g/mol. The highest BCUT2D eigenvalue weighted by atomic mass is 16.5. The van der Waals surface area contributed by atoms with Crippen LogP contribution in [0.15, 0.2) is 30.3 Å². The highest BCUT2D eigenvalue weighted by Gasteiger charge is 2.21. The van der Waals surface area contributed by atoms with Gasteiger partial charge in [-0.25, -0.2) is 4.79 Å². The van der Waals surface area contributed by atoms with E-state index in [1.54, 1.807) is 0 Å². The van der Waals surface area contributed by atoms with E-state index in [1.807, 2.05) is 24.3 Å². The number of fused-ring (bicyclic) bond motifs is 1. The predicted molar refractivity (Wildman–Crippen MR) is 96.7 cm³/mol. The first-order valence-corrected chi connectivity index (χ1v) is 8.93. The fraction of sp³-hybridized carbons (Fsp3) is 0.476. The lowest BCUT2D eigenvalue weighted by Crippen LogP contribution is -2.23. The quantitative estimate of drug-likeness (QED) is 0.729. The number of carbonyl (C=O) groups excluding carboxylic acids is 1. The number of rotatable bonds is 4. The molecule has 2 aromatic rings. The van der Waals surface area contributed by atoms with E-state index in [0.29, 0.717) is 11.7 Å². The summed E-state index contributed by atoms with van der Waals surface area (Å²) in [7, 11) is 1.41. The largest absolute Gasteiger partial charge is 0.490 e. The first-order valence-electron chi connectivity index (χ1n) is 8.93. The number of carbonyl (C=O) groups is 1. The summed E-state index contributed by atoms with van der Waals surface area (Å²) in [5.41, 5.74) is 1.81. The Morgan fingerprint density at radius 3 is 2.54 bits per heavy atom. The van der Waals surface area contributed by atoms with Crippen LogP contribution in [0.25, 0.3) is 10.8 Å². The van der Waals surface area contributed by atoms with E-state index < -0.39 is 0 Å². The van der Waals surface area contributed by atoms with Gasteiger partial charge in [-0.1, -0.05) is 26.0 Å². The monoisotopic (exact) mass is 326 g/mol. The van der Waals surface area contributed by atoms with E-state index in [-0.39, 0.29) is 5.97 Å². The average molecular weight is 326 g/mol. The number of aryl methyl sites for hydroxylation is 1. The summed E-state index contributed by atoms with van der Waals surface area (Å²) in [5.74, 6) is 1.52. The topological polar surface area (TPSA) is 35.5 Å². The van der Waals surface area contributed by atoms with Gasteiger partial charge in [0.1, 0.15) is 5.75 Å². The fourth-order valence-electron chi connectivity index (χ4n) is 3.62. The van der Waals surface area contributed by atoms with Crippen molar-refractivity contribution in [2.45, 2.75) is 52.1 Å².